The molecule has 0 atom stereocenters. The lowest BCUT2D eigenvalue weighted by Gasteiger charge is -2.31. The molecule has 0 bridgehead atoms. The predicted octanol–water partition coefficient (Wildman–Crippen LogP) is 3.61. The van der Waals surface area contributed by atoms with E-state index in [0.717, 1.165) is 16.4 Å². The number of rotatable bonds is 5. The van der Waals surface area contributed by atoms with Crippen molar-refractivity contribution < 1.29 is 26.4 Å². The van der Waals surface area contributed by atoms with E-state index in [2.05, 4.69) is 10.4 Å². The number of benzene rings is 1. The molecule has 1 aliphatic rings. The van der Waals surface area contributed by atoms with Crippen molar-refractivity contribution in [3.63, 3.8) is 0 Å². The van der Waals surface area contributed by atoms with Crippen LogP contribution in [0.4, 0.5) is 18.9 Å². The van der Waals surface area contributed by atoms with Crippen molar-refractivity contribution in [1.29, 1.82) is 0 Å². The SMILES string of the molecule is CCn1cc(NC(=O)C2CCN(S(=O)(=O)c3ccc(Cl)cc3C(F)(F)F)CC2)cn1. The lowest BCUT2D eigenvalue weighted by molar-refractivity contribution is -0.139. The fourth-order valence-electron chi connectivity index (χ4n) is 3.29. The number of aromatic nitrogens is 2. The number of aryl methyl sites for hydroxylation is 1. The summed E-state index contributed by atoms with van der Waals surface area (Å²) in [6, 6.07) is 2.58. The predicted molar refractivity (Wildman–Crippen MR) is 104 cm³/mol. The lowest BCUT2D eigenvalue weighted by atomic mass is 9.97. The summed E-state index contributed by atoms with van der Waals surface area (Å²) in [5.41, 5.74) is -0.768. The molecule has 0 aliphatic carbocycles. The van der Waals surface area contributed by atoms with E-state index < -0.39 is 32.6 Å². The van der Waals surface area contributed by atoms with E-state index in [1.807, 2.05) is 6.92 Å². The topological polar surface area (TPSA) is 84.3 Å². The van der Waals surface area contributed by atoms with Crippen molar-refractivity contribution in [1.82, 2.24) is 14.1 Å². The molecule has 30 heavy (non-hydrogen) atoms. The van der Waals surface area contributed by atoms with Gasteiger partial charge in [-0.1, -0.05) is 11.6 Å². The minimum atomic E-state index is -4.87. The normalized spacial score (nSPS) is 16.6. The van der Waals surface area contributed by atoms with Crippen LogP contribution >= 0.6 is 11.6 Å². The molecule has 12 heteroatoms. The van der Waals surface area contributed by atoms with Crippen LogP contribution in [0.15, 0.2) is 35.5 Å². The van der Waals surface area contributed by atoms with Crippen LogP contribution in [-0.4, -0.2) is 41.5 Å². The second kappa shape index (κ2) is 8.56. The summed E-state index contributed by atoms with van der Waals surface area (Å²) in [5, 5.41) is 6.59. The molecule has 2 aromatic rings. The Kier molecular flexibility index (Phi) is 6.44. The van der Waals surface area contributed by atoms with Gasteiger partial charge in [0.2, 0.25) is 15.9 Å². The first-order valence-electron chi connectivity index (χ1n) is 9.22. The second-order valence-corrected chi connectivity index (χ2v) is 9.23. The number of piperidine rings is 1. The number of anilines is 1. The first kappa shape index (κ1) is 22.6. The number of carbonyl (C=O) groups is 1. The molecule has 164 valence electrons. The Balaban J connectivity index is 1.70. The summed E-state index contributed by atoms with van der Waals surface area (Å²) in [7, 11) is -4.39. The second-order valence-electron chi connectivity index (χ2n) is 6.89. The van der Waals surface area contributed by atoms with Gasteiger partial charge in [-0.2, -0.15) is 22.6 Å². The van der Waals surface area contributed by atoms with Gasteiger partial charge in [-0.25, -0.2) is 8.42 Å². The third kappa shape index (κ3) is 4.79. The molecule has 0 unspecified atom stereocenters. The average Bonchev–Trinajstić information content (AvgIpc) is 3.14. The highest BCUT2D eigenvalue weighted by atomic mass is 35.5. The largest absolute Gasteiger partial charge is 0.417 e. The molecule has 1 saturated heterocycles. The van der Waals surface area contributed by atoms with Crippen LogP contribution in [0.5, 0.6) is 0 Å². The fourth-order valence-corrected chi connectivity index (χ4v) is 5.13. The highest BCUT2D eigenvalue weighted by Crippen LogP contribution is 2.37. The fraction of sp³-hybridized carbons (Fsp3) is 0.444. The maximum Gasteiger partial charge on any atom is 0.417 e. The first-order chi connectivity index (χ1) is 14.0. The van der Waals surface area contributed by atoms with Gasteiger partial charge in [-0.3, -0.25) is 9.48 Å². The van der Waals surface area contributed by atoms with E-state index in [9.17, 15) is 26.4 Å². The Bertz CT molecular complexity index is 1030. The number of alkyl halides is 3. The van der Waals surface area contributed by atoms with E-state index in [0.29, 0.717) is 18.3 Å². The van der Waals surface area contributed by atoms with E-state index in [1.165, 1.54) is 6.20 Å². The van der Waals surface area contributed by atoms with Gasteiger partial charge in [0.25, 0.3) is 0 Å². The van der Waals surface area contributed by atoms with Crippen LogP contribution in [0.2, 0.25) is 5.02 Å². The lowest BCUT2D eigenvalue weighted by Crippen LogP contribution is -2.41. The number of sulfonamides is 1. The molecule has 2 heterocycles. The van der Waals surface area contributed by atoms with Gasteiger partial charge in [0.15, 0.2) is 0 Å². The molecule has 1 amide bonds. The number of hydrogen-bond acceptors (Lipinski definition) is 4. The monoisotopic (exact) mass is 464 g/mol. The Morgan fingerprint density at radius 2 is 1.97 bits per heavy atom. The maximum absolute atomic E-state index is 13.3. The van der Waals surface area contributed by atoms with Crippen LogP contribution in [-0.2, 0) is 27.5 Å². The summed E-state index contributed by atoms with van der Waals surface area (Å²) in [4.78, 5) is 11.6. The zero-order chi connectivity index (χ0) is 22.1. The van der Waals surface area contributed by atoms with Crippen molar-refractivity contribution in [3.8, 4) is 0 Å². The third-order valence-electron chi connectivity index (χ3n) is 4.91. The van der Waals surface area contributed by atoms with Crippen molar-refractivity contribution >= 4 is 33.2 Å². The van der Waals surface area contributed by atoms with Crippen LogP contribution in [0.25, 0.3) is 0 Å². The van der Waals surface area contributed by atoms with Crippen molar-refractivity contribution in [2.45, 2.75) is 37.4 Å². The van der Waals surface area contributed by atoms with E-state index >= 15 is 0 Å². The summed E-state index contributed by atoms with van der Waals surface area (Å²) < 4.78 is 68.3. The van der Waals surface area contributed by atoms with Gasteiger partial charge in [-0.05, 0) is 38.0 Å². The minimum Gasteiger partial charge on any atom is -0.323 e. The number of nitrogens with zero attached hydrogens (tertiary/aromatic N) is 3. The van der Waals surface area contributed by atoms with Crippen LogP contribution in [0.1, 0.15) is 25.3 Å². The summed E-state index contributed by atoms with van der Waals surface area (Å²) in [6.07, 6.45) is -1.28. The Hall–Kier alpha value is -2.11. The molecule has 1 aromatic carbocycles. The molecule has 7 nitrogen and oxygen atoms in total. The number of carbonyl (C=O) groups excluding carboxylic acids is 1. The quantitative estimate of drug-likeness (QED) is 0.732. The van der Waals surface area contributed by atoms with Crippen LogP contribution in [0.3, 0.4) is 0 Å². The summed E-state index contributed by atoms with van der Waals surface area (Å²) >= 11 is 5.63. The molecule has 1 aliphatic heterocycles. The number of hydrogen-bond donors (Lipinski definition) is 1. The van der Waals surface area contributed by atoms with Crippen molar-refractivity contribution in [2.24, 2.45) is 5.92 Å². The van der Waals surface area contributed by atoms with Crippen molar-refractivity contribution in [2.75, 3.05) is 18.4 Å². The average molecular weight is 465 g/mol. The first-order valence-corrected chi connectivity index (χ1v) is 11.0. The van der Waals surface area contributed by atoms with Gasteiger partial charge in [0.05, 0.1) is 22.3 Å². The third-order valence-corrected chi connectivity index (χ3v) is 7.11. The number of halogens is 4. The van der Waals surface area contributed by atoms with E-state index in [1.54, 1.807) is 10.9 Å². The smallest absolute Gasteiger partial charge is 0.323 e. The molecule has 0 saturated carbocycles. The highest BCUT2D eigenvalue weighted by Gasteiger charge is 2.40. The van der Waals surface area contributed by atoms with Crippen LogP contribution in [0, 0.1) is 5.92 Å². The molecule has 0 radical (unpaired) electrons. The minimum absolute atomic E-state index is 0.0609. The maximum atomic E-state index is 13.3. The molecule has 1 N–H and O–H groups in total. The zero-order valence-electron chi connectivity index (χ0n) is 16.0. The molecular formula is C18H20ClF3N4O3S. The molecule has 3 rings (SSSR count). The summed E-state index contributed by atoms with van der Waals surface area (Å²) in [6.45, 7) is 2.43. The van der Waals surface area contributed by atoms with Gasteiger partial charge >= 0.3 is 6.18 Å². The van der Waals surface area contributed by atoms with Crippen LogP contribution < -0.4 is 5.32 Å². The Morgan fingerprint density at radius 1 is 1.30 bits per heavy atom. The van der Waals surface area contributed by atoms with Gasteiger partial charge in [-0.15, -0.1) is 0 Å². The Morgan fingerprint density at radius 3 is 2.53 bits per heavy atom. The number of amides is 1. The standard InChI is InChI=1S/C18H20ClF3N4O3S/c1-2-25-11-14(10-23-25)24-17(27)12-5-7-26(8-6-12)30(28,29)16-4-3-13(19)9-15(16)18(20,21)22/h3-4,9-12H,2,5-8H2,1H3,(H,24,27). The van der Waals surface area contributed by atoms with Crippen molar-refractivity contribution in [3.05, 3.63) is 41.2 Å². The summed E-state index contributed by atoms with van der Waals surface area (Å²) in [5.74, 6) is -0.723. The zero-order valence-corrected chi connectivity index (χ0v) is 17.6. The van der Waals surface area contributed by atoms with Gasteiger partial charge in [0.1, 0.15) is 0 Å². The Labute approximate surface area is 176 Å². The number of nitrogens with one attached hydrogen (secondary N) is 1. The molecule has 0 spiro atoms. The molecular weight excluding hydrogens is 445 g/mol. The van der Waals surface area contributed by atoms with Gasteiger partial charge < -0.3 is 5.32 Å². The molecule has 1 fully saturated rings. The van der Waals surface area contributed by atoms with E-state index in [-0.39, 0.29) is 36.9 Å². The van der Waals surface area contributed by atoms with Gasteiger partial charge in [0, 0.05) is 36.8 Å². The highest BCUT2D eigenvalue weighted by molar-refractivity contribution is 7.89. The van der Waals surface area contributed by atoms with E-state index in [4.69, 9.17) is 11.6 Å². The molecule has 1 aromatic heterocycles.